The molecule has 0 aliphatic rings. The summed E-state index contributed by atoms with van der Waals surface area (Å²) in [7, 11) is 0. The molecule has 0 saturated heterocycles. The van der Waals surface area contributed by atoms with Gasteiger partial charge in [-0.2, -0.15) is 5.10 Å². The number of nitrogens with one attached hydrogen (secondary N) is 1. The molecule has 2 aromatic carbocycles. The van der Waals surface area contributed by atoms with E-state index in [1.807, 2.05) is 30.3 Å². The summed E-state index contributed by atoms with van der Waals surface area (Å²) in [6.45, 7) is 0. The van der Waals surface area contributed by atoms with Crippen LogP contribution < -0.4 is 0 Å². The van der Waals surface area contributed by atoms with Crippen molar-refractivity contribution in [3.8, 4) is 5.95 Å². The average molecular weight is 419 g/mol. The lowest BCUT2D eigenvalue weighted by Crippen LogP contribution is -1.97. The van der Waals surface area contributed by atoms with E-state index in [4.69, 9.17) is 28.3 Å². The zero-order chi connectivity index (χ0) is 19.0. The number of halogens is 2. The number of aromatic amines is 1. The summed E-state index contributed by atoms with van der Waals surface area (Å²) < 4.78 is 1.39. The van der Waals surface area contributed by atoms with E-state index in [9.17, 15) is 4.79 Å². The van der Waals surface area contributed by atoms with E-state index < -0.39 is 5.97 Å². The van der Waals surface area contributed by atoms with E-state index in [1.165, 1.54) is 17.1 Å². The number of rotatable bonds is 5. The topological polar surface area (TPSA) is 83.8 Å². The first-order chi connectivity index (χ1) is 13.0. The summed E-state index contributed by atoms with van der Waals surface area (Å²) in [4.78, 5) is 19.5. The summed E-state index contributed by atoms with van der Waals surface area (Å²) in [5.41, 5.74) is 2.65. The smallest absolute Gasteiger partial charge is 0.338 e. The molecule has 2 heterocycles. The minimum absolute atomic E-state index is 0.0891. The number of thioether (sulfide) groups is 1. The van der Waals surface area contributed by atoms with Crippen LogP contribution in [0.2, 0.25) is 10.0 Å². The molecular formula is C18H12Cl2N4O2S. The molecule has 4 rings (SSSR count). The SMILES string of the molecule is O=C(O)c1cnn(-c2nc3cc(SCc4cccc(Cl)c4)c(Cl)cc3[nH]2)c1. The molecular weight excluding hydrogens is 407 g/mol. The zero-order valence-corrected chi connectivity index (χ0v) is 16.0. The highest BCUT2D eigenvalue weighted by Crippen LogP contribution is 2.33. The standard InChI is InChI=1S/C18H12Cl2N4O2S/c19-12-3-1-2-10(4-12)9-27-16-6-15-14(5-13(16)20)22-18(23-15)24-8-11(7-21-24)17(25)26/h1-8H,9H2,(H,22,23)(H,25,26). The van der Waals surface area contributed by atoms with Crippen molar-refractivity contribution in [1.82, 2.24) is 19.7 Å². The van der Waals surface area contributed by atoms with Gasteiger partial charge in [0, 0.05) is 21.9 Å². The summed E-state index contributed by atoms with van der Waals surface area (Å²) in [5, 5.41) is 14.3. The minimum atomic E-state index is -1.04. The van der Waals surface area contributed by atoms with Crippen LogP contribution in [0.5, 0.6) is 0 Å². The van der Waals surface area contributed by atoms with Gasteiger partial charge in [0.25, 0.3) is 0 Å². The van der Waals surface area contributed by atoms with Crippen LogP contribution in [0.4, 0.5) is 0 Å². The molecule has 0 unspecified atom stereocenters. The van der Waals surface area contributed by atoms with Crippen LogP contribution in [0, 0.1) is 0 Å². The van der Waals surface area contributed by atoms with E-state index in [0.717, 1.165) is 27.2 Å². The predicted octanol–water partition coefficient (Wildman–Crippen LogP) is 5.05. The fraction of sp³-hybridized carbons (Fsp3) is 0.0556. The number of aromatic nitrogens is 4. The van der Waals surface area contributed by atoms with Gasteiger partial charge in [-0.3, -0.25) is 0 Å². The molecule has 0 saturated carbocycles. The molecule has 27 heavy (non-hydrogen) atoms. The molecule has 0 radical (unpaired) electrons. The Kier molecular flexibility index (Phi) is 4.82. The molecule has 4 aromatic rings. The fourth-order valence-corrected chi connectivity index (χ4v) is 3.99. The molecule has 0 aliphatic carbocycles. The Morgan fingerprint density at radius 1 is 1.26 bits per heavy atom. The third-order valence-corrected chi connectivity index (χ3v) is 5.64. The number of imidazole rings is 1. The molecule has 0 amide bonds. The number of carbonyl (C=O) groups is 1. The van der Waals surface area contributed by atoms with Gasteiger partial charge in [-0.15, -0.1) is 11.8 Å². The largest absolute Gasteiger partial charge is 0.478 e. The number of H-pyrrole nitrogens is 1. The van der Waals surface area contributed by atoms with Crippen LogP contribution in [0.25, 0.3) is 17.0 Å². The highest BCUT2D eigenvalue weighted by molar-refractivity contribution is 7.98. The van der Waals surface area contributed by atoms with Gasteiger partial charge < -0.3 is 10.1 Å². The van der Waals surface area contributed by atoms with Crippen molar-refractivity contribution in [2.24, 2.45) is 0 Å². The van der Waals surface area contributed by atoms with Gasteiger partial charge in [-0.1, -0.05) is 35.3 Å². The first kappa shape index (κ1) is 17.9. The second-order valence-electron chi connectivity index (χ2n) is 5.76. The summed E-state index contributed by atoms with van der Waals surface area (Å²) >= 11 is 14.0. The quantitative estimate of drug-likeness (QED) is 0.443. The van der Waals surface area contributed by atoms with Crippen LogP contribution in [0.1, 0.15) is 15.9 Å². The number of benzene rings is 2. The van der Waals surface area contributed by atoms with Gasteiger partial charge in [0.15, 0.2) is 0 Å². The van der Waals surface area contributed by atoms with Crippen molar-refractivity contribution < 1.29 is 9.90 Å². The van der Waals surface area contributed by atoms with E-state index in [0.29, 0.717) is 16.0 Å². The van der Waals surface area contributed by atoms with E-state index in [-0.39, 0.29) is 5.56 Å². The normalized spacial score (nSPS) is 11.2. The Balaban J connectivity index is 1.61. The van der Waals surface area contributed by atoms with Crippen LogP contribution in [-0.4, -0.2) is 30.8 Å². The van der Waals surface area contributed by atoms with Crippen LogP contribution >= 0.6 is 35.0 Å². The number of hydrogen-bond donors (Lipinski definition) is 2. The lowest BCUT2D eigenvalue weighted by Gasteiger charge is -2.05. The second kappa shape index (κ2) is 7.26. The highest BCUT2D eigenvalue weighted by Gasteiger charge is 2.12. The third kappa shape index (κ3) is 3.80. The summed E-state index contributed by atoms with van der Waals surface area (Å²) in [6, 6.07) is 11.4. The minimum Gasteiger partial charge on any atom is -0.478 e. The molecule has 2 N–H and O–H groups in total. The number of fused-ring (bicyclic) bond motifs is 1. The molecule has 6 nitrogen and oxygen atoms in total. The number of hydrogen-bond acceptors (Lipinski definition) is 4. The molecule has 2 aromatic heterocycles. The van der Waals surface area contributed by atoms with Crippen molar-refractivity contribution >= 4 is 52.0 Å². The molecule has 0 aliphatic heterocycles. The van der Waals surface area contributed by atoms with E-state index in [2.05, 4.69) is 15.1 Å². The number of carboxylic acid groups (broad SMARTS) is 1. The second-order valence-corrected chi connectivity index (χ2v) is 7.62. The van der Waals surface area contributed by atoms with Crippen LogP contribution in [-0.2, 0) is 5.75 Å². The number of nitrogens with zero attached hydrogens (tertiary/aromatic N) is 3. The van der Waals surface area contributed by atoms with Crippen molar-refractivity contribution in [1.29, 1.82) is 0 Å². The maximum atomic E-state index is 11.0. The van der Waals surface area contributed by atoms with E-state index in [1.54, 1.807) is 17.8 Å². The van der Waals surface area contributed by atoms with Crippen molar-refractivity contribution in [2.75, 3.05) is 0 Å². The number of carboxylic acids is 1. The molecule has 0 atom stereocenters. The molecule has 0 spiro atoms. The molecule has 0 fully saturated rings. The summed E-state index contributed by atoms with van der Waals surface area (Å²) in [6.07, 6.45) is 2.67. The van der Waals surface area contributed by atoms with Gasteiger partial charge in [0.2, 0.25) is 5.95 Å². The highest BCUT2D eigenvalue weighted by atomic mass is 35.5. The number of aromatic carboxylic acids is 1. The molecule has 136 valence electrons. The maximum absolute atomic E-state index is 11.0. The summed E-state index contributed by atoms with van der Waals surface area (Å²) in [5.74, 6) is 0.107. The third-order valence-electron chi connectivity index (χ3n) is 3.85. The Morgan fingerprint density at radius 3 is 2.85 bits per heavy atom. The van der Waals surface area contributed by atoms with Gasteiger partial charge in [0.05, 0.1) is 27.8 Å². The van der Waals surface area contributed by atoms with Crippen molar-refractivity contribution in [3.05, 3.63) is 70.0 Å². The van der Waals surface area contributed by atoms with Crippen LogP contribution in [0.3, 0.4) is 0 Å². The first-order valence-electron chi connectivity index (χ1n) is 7.84. The first-order valence-corrected chi connectivity index (χ1v) is 9.58. The Bertz CT molecular complexity index is 1160. The Labute approximate surface area is 168 Å². The lowest BCUT2D eigenvalue weighted by molar-refractivity contribution is 0.0697. The fourth-order valence-electron chi connectivity index (χ4n) is 2.55. The van der Waals surface area contributed by atoms with E-state index >= 15 is 0 Å². The van der Waals surface area contributed by atoms with Crippen molar-refractivity contribution in [2.45, 2.75) is 10.6 Å². The monoisotopic (exact) mass is 418 g/mol. The van der Waals surface area contributed by atoms with Gasteiger partial charge in [-0.05, 0) is 29.8 Å². The predicted molar refractivity (Wildman–Crippen MR) is 106 cm³/mol. The molecule has 0 bridgehead atoms. The Hall–Kier alpha value is -2.48. The van der Waals surface area contributed by atoms with Crippen LogP contribution in [0.15, 0.2) is 53.7 Å². The van der Waals surface area contributed by atoms with Gasteiger partial charge >= 0.3 is 5.97 Å². The average Bonchev–Trinajstić information content (AvgIpc) is 3.26. The zero-order valence-electron chi connectivity index (χ0n) is 13.7. The van der Waals surface area contributed by atoms with Gasteiger partial charge in [0.1, 0.15) is 0 Å². The molecule has 9 heteroatoms. The van der Waals surface area contributed by atoms with Crippen molar-refractivity contribution in [3.63, 3.8) is 0 Å². The van der Waals surface area contributed by atoms with Gasteiger partial charge in [-0.25, -0.2) is 14.5 Å². The Morgan fingerprint density at radius 2 is 2.11 bits per heavy atom. The lowest BCUT2D eigenvalue weighted by atomic mass is 10.2. The maximum Gasteiger partial charge on any atom is 0.338 e.